The van der Waals surface area contributed by atoms with Gasteiger partial charge in [0, 0.05) is 38.1 Å². The molecule has 4 rings (SSSR count). The van der Waals surface area contributed by atoms with E-state index in [0.717, 1.165) is 26.1 Å². The van der Waals surface area contributed by atoms with Gasteiger partial charge in [-0.05, 0) is 23.1 Å². The smallest absolute Gasteiger partial charge is 0.0946 e. The van der Waals surface area contributed by atoms with Gasteiger partial charge in [0.2, 0.25) is 0 Å². The summed E-state index contributed by atoms with van der Waals surface area (Å²) in [7, 11) is 0. The molecule has 0 bridgehead atoms. The fourth-order valence-corrected chi connectivity index (χ4v) is 3.46. The van der Waals surface area contributed by atoms with Crippen LogP contribution in [0, 0.1) is 0 Å². The molecule has 1 aliphatic rings. The summed E-state index contributed by atoms with van der Waals surface area (Å²) < 4.78 is 2.19. The number of imidazole rings is 1. The van der Waals surface area contributed by atoms with Crippen LogP contribution in [0.1, 0.15) is 16.7 Å². The van der Waals surface area contributed by atoms with E-state index in [1.807, 2.05) is 12.5 Å². The number of nitrogens with zero attached hydrogens (tertiary/aromatic N) is 3. The van der Waals surface area contributed by atoms with E-state index in [4.69, 9.17) is 0 Å². The third kappa shape index (κ3) is 3.20. The molecule has 0 radical (unpaired) electrons. The van der Waals surface area contributed by atoms with Crippen molar-refractivity contribution < 1.29 is 0 Å². The molecule has 3 heteroatoms. The highest BCUT2D eigenvalue weighted by atomic mass is 15.2. The van der Waals surface area contributed by atoms with Gasteiger partial charge in [0.05, 0.1) is 6.33 Å². The van der Waals surface area contributed by atoms with Gasteiger partial charge < -0.3 is 4.57 Å². The molecule has 0 amide bonds. The SMILES string of the molecule is c1ccc(CN2Cc3ccccc3C[C@H]2Cn2ccnc2)cc1. The van der Waals surface area contributed by atoms with E-state index in [1.165, 1.54) is 16.7 Å². The molecule has 2 heterocycles. The second-order valence-corrected chi connectivity index (χ2v) is 6.28. The summed E-state index contributed by atoms with van der Waals surface area (Å²) in [5.41, 5.74) is 4.33. The highest BCUT2D eigenvalue weighted by molar-refractivity contribution is 5.30. The predicted molar refractivity (Wildman–Crippen MR) is 91.9 cm³/mol. The van der Waals surface area contributed by atoms with Gasteiger partial charge >= 0.3 is 0 Å². The Bertz CT molecular complexity index is 750. The average molecular weight is 303 g/mol. The Balaban J connectivity index is 1.60. The number of aromatic nitrogens is 2. The van der Waals surface area contributed by atoms with E-state index in [2.05, 4.69) is 75.2 Å². The van der Waals surface area contributed by atoms with Crippen molar-refractivity contribution in [2.75, 3.05) is 0 Å². The lowest BCUT2D eigenvalue weighted by Gasteiger charge is -2.37. The standard InChI is InChI=1S/C20H21N3/c1-2-6-17(7-3-1)13-23-14-19-9-5-4-8-18(19)12-20(23)15-22-11-10-21-16-22/h1-11,16,20H,12-15H2/t20-/m0/s1. The highest BCUT2D eigenvalue weighted by Gasteiger charge is 2.26. The Labute approximate surface area is 137 Å². The summed E-state index contributed by atoms with van der Waals surface area (Å²) in [4.78, 5) is 6.78. The molecule has 0 saturated heterocycles. The minimum Gasteiger partial charge on any atom is -0.336 e. The minimum absolute atomic E-state index is 0.499. The van der Waals surface area contributed by atoms with Gasteiger partial charge in [-0.15, -0.1) is 0 Å². The molecule has 0 spiro atoms. The molecule has 116 valence electrons. The molecule has 0 N–H and O–H groups in total. The minimum atomic E-state index is 0.499. The maximum absolute atomic E-state index is 4.19. The summed E-state index contributed by atoms with van der Waals surface area (Å²) in [6.07, 6.45) is 6.93. The van der Waals surface area contributed by atoms with E-state index in [9.17, 15) is 0 Å². The number of hydrogen-bond acceptors (Lipinski definition) is 2. The fraction of sp³-hybridized carbons (Fsp3) is 0.250. The quantitative estimate of drug-likeness (QED) is 0.735. The molecule has 0 aliphatic carbocycles. The Morgan fingerprint density at radius 3 is 2.52 bits per heavy atom. The van der Waals surface area contributed by atoms with Crippen molar-refractivity contribution in [2.45, 2.75) is 32.1 Å². The summed E-state index contributed by atoms with van der Waals surface area (Å²) in [6, 6.07) is 20.1. The Morgan fingerprint density at radius 1 is 0.957 bits per heavy atom. The van der Waals surface area contributed by atoms with Crippen molar-refractivity contribution in [1.82, 2.24) is 14.5 Å². The molecule has 3 nitrogen and oxygen atoms in total. The number of fused-ring (bicyclic) bond motifs is 1. The maximum atomic E-state index is 4.19. The van der Waals surface area contributed by atoms with E-state index < -0.39 is 0 Å². The first-order chi connectivity index (χ1) is 11.4. The molecular weight excluding hydrogens is 282 g/mol. The zero-order valence-corrected chi connectivity index (χ0v) is 13.2. The second-order valence-electron chi connectivity index (χ2n) is 6.28. The zero-order chi connectivity index (χ0) is 15.5. The van der Waals surface area contributed by atoms with Gasteiger partial charge in [-0.1, -0.05) is 54.6 Å². The number of benzene rings is 2. The lowest BCUT2D eigenvalue weighted by atomic mass is 9.93. The second kappa shape index (κ2) is 6.39. The molecular formula is C20H21N3. The molecule has 3 aromatic rings. The van der Waals surface area contributed by atoms with Gasteiger partial charge in [0.15, 0.2) is 0 Å². The van der Waals surface area contributed by atoms with Crippen LogP contribution in [0.15, 0.2) is 73.3 Å². The van der Waals surface area contributed by atoms with Crippen molar-refractivity contribution in [1.29, 1.82) is 0 Å². The number of rotatable bonds is 4. The van der Waals surface area contributed by atoms with Gasteiger partial charge in [-0.2, -0.15) is 0 Å². The van der Waals surface area contributed by atoms with Crippen LogP contribution in [0.3, 0.4) is 0 Å². The monoisotopic (exact) mass is 303 g/mol. The van der Waals surface area contributed by atoms with Gasteiger partial charge in [0.1, 0.15) is 0 Å². The Morgan fingerprint density at radius 2 is 1.74 bits per heavy atom. The molecule has 1 atom stereocenters. The topological polar surface area (TPSA) is 21.1 Å². The first kappa shape index (κ1) is 14.2. The molecule has 0 saturated carbocycles. The number of hydrogen-bond donors (Lipinski definition) is 0. The lowest BCUT2D eigenvalue weighted by molar-refractivity contribution is 0.146. The van der Waals surface area contributed by atoms with Crippen molar-refractivity contribution >= 4 is 0 Å². The maximum Gasteiger partial charge on any atom is 0.0946 e. The van der Waals surface area contributed by atoms with E-state index in [-0.39, 0.29) is 0 Å². The van der Waals surface area contributed by atoms with E-state index in [0.29, 0.717) is 6.04 Å². The normalized spacial score (nSPS) is 17.8. The van der Waals surface area contributed by atoms with Crippen molar-refractivity contribution in [3.63, 3.8) is 0 Å². The molecule has 1 aromatic heterocycles. The summed E-state index contributed by atoms with van der Waals surface area (Å²) in [6.45, 7) is 3.00. The predicted octanol–water partition coefficient (Wildman–Crippen LogP) is 3.51. The third-order valence-corrected chi connectivity index (χ3v) is 4.67. The molecule has 2 aromatic carbocycles. The molecule has 0 fully saturated rings. The van der Waals surface area contributed by atoms with Crippen LogP contribution in [-0.2, 0) is 26.1 Å². The van der Waals surface area contributed by atoms with Crippen LogP contribution in [0.25, 0.3) is 0 Å². The van der Waals surface area contributed by atoms with Crippen molar-refractivity contribution in [2.24, 2.45) is 0 Å². The van der Waals surface area contributed by atoms with Gasteiger partial charge in [-0.3, -0.25) is 4.90 Å². The molecule has 1 aliphatic heterocycles. The van der Waals surface area contributed by atoms with Gasteiger partial charge in [0.25, 0.3) is 0 Å². The highest BCUT2D eigenvalue weighted by Crippen LogP contribution is 2.25. The largest absolute Gasteiger partial charge is 0.336 e. The lowest BCUT2D eigenvalue weighted by Crippen LogP contribution is -2.42. The zero-order valence-electron chi connectivity index (χ0n) is 13.2. The van der Waals surface area contributed by atoms with E-state index >= 15 is 0 Å². The van der Waals surface area contributed by atoms with Gasteiger partial charge in [-0.25, -0.2) is 4.98 Å². The van der Waals surface area contributed by atoms with Crippen LogP contribution < -0.4 is 0 Å². The Kier molecular flexibility index (Phi) is 3.95. The van der Waals surface area contributed by atoms with Crippen LogP contribution in [0.4, 0.5) is 0 Å². The summed E-state index contributed by atoms with van der Waals surface area (Å²) >= 11 is 0. The molecule has 23 heavy (non-hydrogen) atoms. The fourth-order valence-electron chi connectivity index (χ4n) is 3.46. The van der Waals surface area contributed by atoms with E-state index in [1.54, 1.807) is 0 Å². The van der Waals surface area contributed by atoms with Crippen LogP contribution >= 0.6 is 0 Å². The average Bonchev–Trinajstić information content (AvgIpc) is 3.09. The first-order valence-corrected chi connectivity index (χ1v) is 8.19. The first-order valence-electron chi connectivity index (χ1n) is 8.19. The van der Waals surface area contributed by atoms with Crippen LogP contribution in [-0.4, -0.2) is 20.5 Å². The van der Waals surface area contributed by atoms with Crippen molar-refractivity contribution in [3.05, 3.63) is 90.0 Å². The van der Waals surface area contributed by atoms with Crippen molar-refractivity contribution in [3.8, 4) is 0 Å². The summed E-state index contributed by atoms with van der Waals surface area (Å²) in [5, 5.41) is 0. The Hall–Kier alpha value is -2.39. The summed E-state index contributed by atoms with van der Waals surface area (Å²) in [5.74, 6) is 0. The van der Waals surface area contributed by atoms with Crippen LogP contribution in [0.5, 0.6) is 0 Å². The van der Waals surface area contributed by atoms with Crippen LogP contribution in [0.2, 0.25) is 0 Å². The molecule has 0 unspecified atom stereocenters. The third-order valence-electron chi connectivity index (χ3n) is 4.67.